The molecule has 1 heterocycles. The van der Waals surface area contributed by atoms with Gasteiger partial charge in [-0.15, -0.1) is 5.10 Å². The topological polar surface area (TPSA) is 59.8 Å². The van der Waals surface area contributed by atoms with Gasteiger partial charge >= 0.3 is 0 Å². The molecule has 0 radical (unpaired) electrons. The number of halogens is 1. The molecule has 1 N–H and O–H groups in total. The highest BCUT2D eigenvalue weighted by Gasteiger charge is 2.15. The van der Waals surface area contributed by atoms with Gasteiger partial charge in [0.05, 0.1) is 16.5 Å². The molecule has 2 atom stereocenters. The first-order valence-corrected chi connectivity index (χ1v) is 9.02. The lowest BCUT2D eigenvalue weighted by atomic mass is 10.3. The Hall–Kier alpha value is -1.24. The van der Waals surface area contributed by atoms with Crippen molar-refractivity contribution in [3.8, 4) is 5.69 Å². The molecule has 1 aromatic carbocycles. The van der Waals surface area contributed by atoms with Crippen molar-refractivity contribution >= 4 is 22.4 Å². The summed E-state index contributed by atoms with van der Waals surface area (Å²) in [6.07, 6.45) is 0.825. The number of nitrogens with one attached hydrogen (secondary N) is 1. The van der Waals surface area contributed by atoms with Crippen molar-refractivity contribution in [2.24, 2.45) is 0 Å². The minimum Gasteiger partial charge on any atom is -0.315 e. The minimum atomic E-state index is -1.19. The molecule has 2 rings (SSSR count). The van der Waals surface area contributed by atoms with Gasteiger partial charge in [0.15, 0.2) is 0 Å². The summed E-state index contributed by atoms with van der Waals surface area (Å²) < 4.78 is 14.0. The van der Waals surface area contributed by atoms with Crippen LogP contribution in [0.25, 0.3) is 5.69 Å². The van der Waals surface area contributed by atoms with Crippen LogP contribution in [0.4, 0.5) is 0 Å². The monoisotopic (exact) mass is 340 g/mol. The van der Waals surface area contributed by atoms with Gasteiger partial charge in [-0.05, 0) is 45.0 Å². The SMILES string of the molecule is CCNC(C)CCS(=O)c1nc(C)n(-c2cccc(Cl)c2)n1. The van der Waals surface area contributed by atoms with Crippen LogP contribution in [0.15, 0.2) is 29.4 Å². The normalized spacial score (nSPS) is 14.0. The van der Waals surface area contributed by atoms with Crippen LogP contribution >= 0.6 is 11.6 Å². The van der Waals surface area contributed by atoms with E-state index in [0.717, 1.165) is 18.7 Å². The van der Waals surface area contributed by atoms with Gasteiger partial charge in [-0.25, -0.2) is 9.67 Å². The number of nitrogens with zero attached hydrogens (tertiary/aromatic N) is 3. The number of aryl methyl sites for hydroxylation is 1. The van der Waals surface area contributed by atoms with Crippen LogP contribution in [0.5, 0.6) is 0 Å². The number of aromatic nitrogens is 3. The molecule has 0 saturated carbocycles. The zero-order valence-electron chi connectivity index (χ0n) is 13.0. The van der Waals surface area contributed by atoms with Crippen LogP contribution < -0.4 is 5.32 Å². The molecular formula is C15H21ClN4OS. The van der Waals surface area contributed by atoms with E-state index in [9.17, 15) is 4.21 Å². The molecule has 0 saturated heterocycles. The molecular weight excluding hydrogens is 320 g/mol. The molecule has 7 heteroatoms. The van der Waals surface area contributed by atoms with Gasteiger partial charge in [0.1, 0.15) is 5.82 Å². The summed E-state index contributed by atoms with van der Waals surface area (Å²) in [6, 6.07) is 7.70. The summed E-state index contributed by atoms with van der Waals surface area (Å²) in [5.41, 5.74) is 0.821. The Morgan fingerprint density at radius 3 is 2.91 bits per heavy atom. The van der Waals surface area contributed by atoms with Crippen molar-refractivity contribution < 1.29 is 4.21 Å². The minimum absolute atomic E-state index is 0.338. The fraction of sp³-hybridized carbons (Fsp3) is 0.467. The van der Waals surface area contributed by atoms with E-state index in [-0.39, 0.29) is 0 Å². The van der Waals surface area contributed by atoms with Crippen molar-refractivity contribution in [1.82, 2.24) is 20.1 Å². The van der Waals surface area contributed by atoms with E-state index in [4.69, 9.17) is 11.6 Å². The van der Waals surface area contributed by atoms with Crippen molar-refractivity contribution in [1.29, 1.82) is 0 Å². The van der Waals surface area contributed by atoms with Crippen LogP contribution in [0, 0.1) is 6.92 Å². The predicted molar refractivity (Wildman–Crippen MR) is 90.1 cm³/mol. The molecule has 0 amide bonds. The van der Waals surface area contributed by atoms with Gasteiger partial charge in [-0.3, -0.25) is 4.21 Å². The van der Waals surface area contributed by atoms with Crippen LogP contribution in [-0.4, -0.2) is 37.3 Å². The van der Waals surface area contributed by atoms with Gasteiger partial charge < -0.3 is 5.32 Å². The third-order valence-corrected chi connectivity index (χ3v) is 4.72. The van der Waals surface area contributed by atoms with Gasteiger partial charge in [0.2, 0.25) is 5.16 Å². The maximum atomic E-state index is 12.3. The highest BCUT2D eigenvalue weighted by molar-refractivity contribution is 7.84. The van der Waals surface area contributed by atoms with Crippen molar-refractivity contribution in [3.05, 3.63) is 35.1 Å². The third-order valence-electron chi connectivity index (χ3n) is 3.29. The van der Waals surface area contributed by atoms with E-state index in [1.54, 1.807) is 10.7 Å². The zero-order chi connectivity index (χ0) is 16.1. The molecule has 5 nitrogen and oxygen atoms in total. The molecule has 2 aromatic rings. The summed E-state index contributed by atoms with van der Waals surface area (Å²) in [5, 5.41) is 8.69. The largest absolute Gasteiger partial charge is 0.315 e. The molecule has 2 unspecified atom stereocenters. The molecule has 0 aliphatic carbocycles. The standard InChI is InChI=1S/C15H21ClN4OS/c1-4-17-11(2)8-9-22(21)15-18-12(3)20(19-15)14-7-5-6-13(16)10-14/h5-7,10-11,17H,4,8-9H2,1-3H3. The van der Waals surface area contributed by atoms with Gasteiger partial charge in [0, 0.05) is 16.8 Å². The second kappa shape index (κ2) is 7.85. The Morgan fingerprint density at radius 2 is 2.23 bits per heavy atom. The van der Waals surface area contributed by atoms with Crippen molar-refractivity contribution in [2.45, 2.75) is 38.4 Å². The van der Waals surface area contributed by atoms with Crippen molar-refractivity contribution in [3.63, 3.8) is 0 Å². The lowest BCUT2D eigenvalue weighted by Crippen LogP contribution is -2.27. The second-order valence-corrected chi connectivity index (χ2v) is 7.03. The van der Waals surface area contributed by atoms with Gasteiger partial charge in [0.25, 0.3) is 0 Å². The molecule has 0 aliphatic heterocycles. The molecule has 1 aromatic heterocycles. The smallest absolute Gasteiger partial charge is 0.239 e. The summed E-state index contributed by atoms with van der Waals surface area (Å²) in [6.45, 7) is 6.90. The van der Waals surface area contributed by atoms with Crippen LogP contribution in [-0.2, 0) is 10.8 Å². The number of hydrogen-bond donors (Lipinski definition) is 1. The Morgan fingerprint density at radius 1 is 1.45 bits per heavy atom. The first-order valence-electron chi connectivity index (χ1n) is 7.32. The average molecular weight is 341 g/mol. The Balaban J connectivity index is 2.11. The first kappa shape index (κ1) is 17.1. The second-order valence-electron chi connectivity index (χ2n) is 5.13. The molecule has 0 aliphatic rings. The Labute approximate surface area is 138 Å². The first-order chi connectivity index (χ1) is 10.5. The summed E-state index contributed by atoms with van der Waals surface area (Å²) >= 11 is 6.00. The molecule has 0 bridgehead atoms. The van der Waals surface area contributed by atoms with E-state index < -0.39 is 10.8 Å². The quantitative estimate of drug-likeness (QED) is 0.842. The third kappa shape index (κ3) is 4.38. The molecule has 0 spiro atoms. The lowest BCUT2D eigenvalue weighted by Gasteiger charge is -2.10. The highest BCUT2D eigenvalue weighted by Crippen LogP contribution is 2.16. The summed E-state index contributed by atoms with van der Waals surface area (Å²) in [5.74, 6) is 1.25. The number of hydrogen-bond acceptors (Lipinski definition) is 4. The maximum absolute atomic E-state index is 12.3. The van der Waals surface area contributed by atoms with Crippen LogP contribution in [0.2, 0.25) is 5.02 Å². The number of rotatable bonds is 7. The van der Waals surface area contributed by atoms with Gasteiger partial charge in [-0.2, -0.15) is 0 Å². The summed E-state index contributed by atoms with van der Waals surface area (Å²) in [4.78, 5) is 4.33. The van der Waals surface area contributed by atoms with E-state index in [1.165, 1.54) is 0 Å². The molecule has 22 heavy (non-hydrogen) atoms. The van der Waals surface area contributed by atoms with E-state index in [0.29, 0.717) is 27.8 Å². The van der Waals surface area contributed by atoms with Crippen LogP contribution in [0.3, 0.4) is 0 Å². The summed E-state index contributed by atoms with van der Waals surface area (Å²) in [7, 11) is -1.19. The molecule has 0 fully saturated rings. The predicted octanol–water partition coefficient (Wildman–Crippen LogP) is 2.72. The maximum Gasteiger partial charge on any atom is 0.239 e. The zero-order valence-corrected chi connectivity index (χ0v) is 14.6. The van der Waals surface area contributed by atoms with Crippen molar-refractivity contribution in [2.75, 3.05) is 12.3 Å². The van der Waals surface area contributed by atoms with Gasteiger partial charge in [-0.1, -0.05) is 24.6 Å². The van der Waals surface area contributed by atoms with Crippen LogP contribution in [0.1, 0.15) is 26.1 Å². The lowest BCUT2D eigenvalue weighted by molar-refractivity contribution is 0.552. The fourth-order valence-corrected chi connectivity index (χ4v) is 3.48. The van der Waals surface area contributed by atoms with E-state index in [1.807, 2.05) is 25.1 Å². The highest BCUT2D eigenvalue weighted by atomic mass is 35.5. The number of benzene rings is 1. The van der Waals surface area contributed by atoms with E-state index in [2.05, 4.69) is 29.2 Å². The Bertz CT molecular complexity index is 659. The van der Waals surface area contributed by atoms with E-state index >= 15 is 0 Å². The molecule has 120 valence electrons. The Kier molecular flexibility index (Phi) is 6.11. The fourth-order valence-electron chi connectivity index (χ4n) is 2.14. The average Bonchev–Trinajstić information content (AvgIpc) is 2.87.